The fourth-order valence-corrected chi connectivity index (χ4v) is 4.61. The first-order valence-electron chi connectivity index (χ1n) is 11.6. The molecule has 0 fully saturated rings. The van der Waals surface area contributed by atoms with Gasteiger partial charge in [0.15, 0.2) is 23.0 Å². The van der Waals surface area contributed by atoms with E-state index in [2.05, 4.69) is 10.3 Å². The molecule has 3 aromatic carbocycles. The standard InChI is InChI=1S/C28H28N2O6/c1-32-22-10-8-18(12-25(22)34-3)19(20-15-29-21-5-4-6-24(33-2)28(20)21)13-27(31)30-14-17-7-9-23-26(11-17)36-16-35-23/h4-12,15,19,29H,13-14,16H2,1-3H3,(H,30,31)/t19-/m0/s1. The molecule has 0 spiro atoms. The smallest absolute Gasteiger partial charge is 0.231 e. The van der Waals surface area contributed by atoms with Crippen LogP contribution in [0.15, 0.2) is 60.8 Å². The molecule has 8 heteroatoms. The van der Waals surface area contributed by atoms with Crippen molar-refractivity contribution in [1.29, 1.82) is 0 Å². The predicted molar refractivity (Wildman–Crippen MR) is 135 cm³/mol. The monoisotopic (exact) mass is 488 g/mol. The lowest BCUT2D eigenvalue weighted by molar-refractivity contribution is -0.121. The van der Waals surface area contributed by atoms with Crippen molar-refractivity contribution in [2.45, 2.75) is 18.9 Å². The Hall–Kier alpha value is -4.33. The Labute approximate surface area is 209 Å². The molecule has 1 amide bonds. The van der Waals surface area contributed by atoms with Gasteiger partial charge in [-0.1, -0.05) is 18.2 Å². The molecule has 5 rings (SSSR count). The summed E-state index contributed by atoms with van der Waals surface area (Å²) in [4.78, 5) is 16.6. The summed E-state index contributed by atoms with van der Waals surface area (Å²) in [6.45, 7) is 0.595. The van der Waals surface area contributed by atoms with Crippen LogP contribution in [0.1, 0.15) is 29.0 Å². The Morgan fingerprint density at radius 2 is 1.75 bits per heavy atom. The molecule has 0 saturated heterocycles. The molecular weight excluding hydrogens is 460 g/mol. The highest BCUT2D eigenvalue weighted by Gasteiger charge is 2.24. The van der Waals surface area contributed by atoms with Crippen molar-refractivity contribution in [3.63, 3.8) is 0 Å². The van der Waals surface area contributed by atoms with Crippen LogP contribution in [0.3, 0.4) is 0 Å². The summed E-state index contributed by atoms with van der Waals surface area (Å²) in [6, 6.07) is 17.3. The highest BCUT2D eigenvalue weighted by atomic mass is 16.7. The molecule has 36 heavy (non-hydrogen) atoms. The highest BCUT2D eigenvalue weighted by molar-refractivity contribution is 5.91. The predicted octanol–water partition coefficient (Wildman–Crippen LogP) is 4.76. The van der Waals surface area contributed by atoms with Gasteiger partial charge >= 0.3 is 0 Å². The summed E-state index contributed by atoms with van der Waals surface area (Å²) in [7, 11) is 4.85. The van der Waals surface area contributed by atoms with Gasteiger partial charge in [-0.3, -0.25) is 4.79 Å². The second kappa shape index (κ2) is 10.1. The number of hydrogen-bond acceptors (Lipinski definition) is 6. The molecule has 0 aliphatic carbocycles. The zero-order valence-corrected chi connectivity index (χ0v) is 20.4. The molecule has 1 aliphatic heterocycles. The van der Waals surface area contributed by atoms with Crippen molar-refractivity contribution in [2.75, 3.05) is 28.1 Å². The first-order chi connectivity index (χ1) is 17.6. The van der Waals surface area contributed by atoms with E-state index in [0.29, 0.717) is 29.5 Å². The highest BCUT2D eigenvalue weighted by Crippen LogP contribution is 2.40. The lowest BCUT2D eigenvalue weighted by atomic mass is 9.87. The van der Waals surface area contributed by atoms with Gasteiger partial charge in [0, 0.05) is 36.0 Å². The summed E-state index contributed by atoms with van der Waals surface area (Å²) in [5.41, 5.74) is 3.77. The van der Waals surface area contributed by atoms with Gasteiger partial charge in [-0.05, 0) is 53.1 Å². The van der Waals surface area contributed by atoms with Crippen LogP contribution in [-0.4, -0.2) is 39.0 Å². The van der Waals surface area contributed by atoms with E-state index in [4.69, 9.17) is 23.7 Å². The number of carbonyl (C=O) groups excluding carboxylic acids is 1. The SMILES string of the molecule is COc1ccc([C@H](CC(=O)NCc2ccc3c(c2)OCO3)c2c[nH]c3cccc(OC)c23)cc1OC. The maximum absolute atomic E-state index is 13.2. The number of ether oxygens (including phenoxy) is 5. The molecule has 4 aromatic rings. The van der Waals surface area contributed by atoms with Crippen molar-refractivity contribution in [2.24, 2.45) is 0 Å². The Bertz CT molecular complexity index is 1400. The topological polar surface area (TPSA) is 91.0 Å². The number of hydrogen-bond donors (Lipinski definition) is 2. The zero-order chi connectivity index (χ0) is 25.1. The van der Waals surface area contributed by atoms with Crippen LogP contribution in [0.4, 0.5) is 0 Å². The van der Waals surface area contributed by atoms with E-state index in [1.54, 1.807) is 21.3 Å². The van der Waals surface area contributed by atoms with Gasteiger partial charge in [0.2, 0.25) is 12.7 Å². The maximum Gasteiger partial charge on any atom is 0.231 e. The molecule has 0 saturated carbocycles. The second-order valence-corrected chi connectivity index (χ2v) is 8.46. The number of aromatic nitrogens is 1. The zero-order valence-electron chi connectivity index (χ0n) is 20.4. The maximum atomic E-state index is 13.2. The van der Waals surface area contributed by atoms with E-state index in [1.807, 2.05) is 60.8 Å². The van der Waals surface area contributed by atoms with E-state index in [1.165, 1.54) is 0 Å². The number of methoxy groups -OCH3 is 3. The third-order valence-corrected chi connectivity index (χ3v) is 6.42. The molecule has 186 valence electrons. The molecular formula is C28H28N2O6. The first-order valence-corrected chi connectivity index (χ1v) is 11.6. The lowest BCUT2D eigenvalue weighted by Crippen LogP contribution is -2.25. The number of aromatic amines is 1. The Morgan fingerprint density at radius 3 is 2.56 bits per heavy atom. The van der Waals surface area contributed by atoms with Crippen LogP contribution in [0, 0.1) is 0 Å². The van der Waals surface area contributed by atoms with Gasteiger partial charge in [0.05, 0.1) is 21.3 Å². The molecule has 0 unspecified atom stereocenters. The van der Waals surface area contributed by atoms with Crippen molar-refractivity contribution in [3.8, 4) is 28.7 Å². The van der Waals surface area contributed by atoms with E-state index in [0.717, 1.165) is 33.3 Å². The second-order valence-electron chi connectivity index (χ2n) is 8.46. The third kappa shape index (κ3) is 4.49. The molecule has 0 bridgehead atoms. The first kappa shape index (κ1) is 23.4. The minimum atomic E-state index is -0.258. The number of H-pyrrole nitrogens is 1. The summed E-state index contributed by atoms with van der Waals surface area (Å²) in [6.07, 6.45) is 2.17. The van der Waals surface area contributed by atoms with Gasteiger partial charge < -0.3 is 34.0 Å². The summed E-state index contributed by atoms with van der Waals surface area (Å²) in [5, 5.41) is 3.99. The number of carbonyl (C=O) groups is 1. The van der Waals surface area contributed by atoms with E-state index >= 15 is 0 Å². The minimum absolute atomic E-state index is 0.0864. The molecule has 8 nitrogen and oxygen atoms in total. The van der Waals surface area contributed by atoms with E-state index < -0.39 is 0 Å². The average molecular weight is 489 g/mol. The van der Waals surface area contributed by atoms with Crippen LogP contribution in [0.25, 0.3) is 10.9 Å². The normalized spacial score (nSPS) is 12.9. The van der Waals surface area contributed by atoms with Crippen LogP contribution >= 0.6 is 0 Å². The van der Waals surface area contributed by atoms with Crippen molar-refractivity contribution >= 4 is 16.8 Å². The molecule has 0 radical (unpaired) electrons. The molecule has 2 heterocycles. The average Bonchev–Trinajstić information content (AvgIpc) is 3.57. The summed E-state index contributed by atoms with van der Waals surface area (Å²) in [5.74, 6) is 3.04. The van der Waals surface area contributed by atoms with Crippen LogP contribution in [0.5, 0.6) is 28.7 Å². The largest absolute Gasteiger partial charge is 0.496 e. The van der Waals surface area contributed by atoms with Gasteiger partial charge in [0.25, 0.3) is 0 Å². The van der Waals surface area contributed by atoms with Crippen LogP contribution < -0.4 is 29.0 Å². The van der Waals surface area contributed by atoms with Crippen molar-refractivity contribution < 1.29 is 28.5 Å². The van der Waals surface area contributed by atoms with Crippen LogP contribution in [-0.2, 0) is 11.3 Å². The molecule has 1 aromatic heterocycles. The number of nitrogens with one attached hydrogen (secondary N) is 2. The number of fused-ring (bicyclic) bond motifs is 2. The van der Waals surface area contributed by atoms with Gasteiger partial charge in [-0.25, -0.2) is 0 Å². The van der Waals surface area contributed by atoms with Crippen molar-refractivity contribution in [1.82, 2.24) is 10.3 Å². The quantitative estimate of drug-likeness (QED) is 0.353. The fourth-order valence-electron chi connectivity index (χ4n) is 4.61. The van der Waals surface area contributed by atoms with Gasteiger partial charge in [0.1, 0.15) is 5.75 Å². The number of rotatable bonds is 9. The van der Waals surface area contributed by atoms with Gasteiger partial charge in [-0.15, -0.1) is 0 Å². The molecule has 1 aliphatic rings. The molecule has 2 N–H and O–H groups in total. The molecule has 1 atom stereocenters. The minimum Gasteiger partial charge on any atom is -0.496 e. The Kier molecular flexibility index (Phi) is 6.58. The summed E-state index contributed by atoms with van der Waals surface area (Å²) < 4.78 is 27.4. The van der Waals surface area contributed by atoms with Crippen LogP contribution in [0.2, 0.25) is 0 Å². The fraction of sp³-hybridized carbons (Fsp3) is 0.250. The number of benzene rings is 3. The summed E-state index contributed by atoms with van der Waals surface area (Å²) >= 11 is 0. The van der Waals surface area contributed by atoms with Gasteiger partial charge in [-0.2, -0.15) is 0 Å². The lowest BCUT2D eigenvalue weighted by Gasteiger charge is -2.19. The van der Waals surface area contributed by atoms with Crippen molar-refractivity contribution in [3.05, 3.63) is 77.5 Å². The van der Waals surface area contributed by atoms with E-state index in [9.17, 15) is 4.79 Å². The Balaban J connectivity index is 1.45. The van der Waals surface area contributed by atoms with E-state index in [-0.39, 0.29) is 25.0 Å². The third-order valence-electron chi connectivity index (χ3n) is 6.42. The number of amides is 1. The Morgan fingerprint density at radius 1 is 0.944 bits per heavy atom.